The van der Waals surface area contributed by atoms with E-state index in [0.717, 1.165) is 11.4 Å². The molecule has 0 atom stereocenters. The van der Waals surface area contributed by atoms with Crippen LogP contribution in [-0.2, 0) is 4.79 Å². The first kappa shape index (κ1) is 12.4. The van der Waals surface area contributed by atoms with Crippen LogP contribution < -0.4 is 15.6 Å². The van der Waals surface area contributed by atoms with Crippen molar-refractivity contribution in [2.24, 2.45) is 5.41 Å². The van der Waals surface area contributed by atoms with Gasteiger partial charge in [0.15, 0.2) is 0 Å². The molecule has 1 aromatic rings. The Morgan fingerprint density at radius 2 is 1.75 bits per heavy atom. The number of benzene rings is 1. The second kappa shape index (κ2) is 4.88. The van der Waals surface area contributed by atoms with Gasteiger partial charge < -0.3 is 4.74 Å². The molecule has 0 bridgehead atoms. The van der Waals surface area contributed by atoms with Crippen LogP contribution in [0.4, 0.5) is 5.69 Å². The molecule has 0 spiro atoms. The number of nitrogens with one attached hydrogen (secondary N) is 2. The van der Waals surface area contributed by atoms with E-state index in [2.05, 4.69) is 10.9 Å². The molecule has 88 valence electrons. The van der Waals surface area contributed by atoms with Gasteiger partial charge in [0.25, 0.3) is 0 Å². The highest BCUT2D eigenvalue weighted by molar-refractivity contribution is 5.82. The number of hydrogen-bond donors (Lipinski definition) is 2. The number of rotatable bonds is 3. The van der Waals surface area contributed by atoms with Gasteiger partial charge in [0, 0.05) is 5.41 Å². The van der Waals surface area contributed by atoms with E-state index in [1.54, 1.807) is 7.11 Å². The lowest BCUT2D eigenvalue weighted by Crippen LogP contribution is -2.38. The molecule has 0 aliphatic carbocycles. The van der Waals surface area contributed by atoms with Crippen LogP contribution in [0.1, 0.15) is 20.8 Å². The molecule has 0 saturated carbocycles. The molecule has 4 heteroatoms. The van der Waals surface area contributed by atoms with Crippen molar-refractivity contribution in [3.8, 4) is 5.75 Å². The van der Waals surface area contributed by atoms with Crippen molar-refractivity contribution >= 4 is 11.6 Å². The number of anilines is 1. The molecule has 0 radical (unpaired) electrons. The van der Waals surface area contributed by atoms with Crippen LogP contribution in [0.15, 0.2) is 24.3 Å². The van der Waals surface area contributed by atoms with Crippen LogP contribution in [-0.4, -0.2) is 13.0 Å². The second-order valence-electron chi connectivity index (χ2n) is 4.56. The predicted octanol–water partition coefficient (Wildman–Crippen LogP) is 2.18. The van der Waals surface area contributed by atoms with E-state index < -0.39 is 5.41 Å². The molecule has 1 amide bonds. The first-order valence-electron chi connectivity index (χ1n) is 5.14. The van der Waals surface area contributed by atoms with Crippen molar-refractivity contribution in [2.45, 2.75) is 20.8 Å². The minimum atomic E-state index is -0.403. The highest BCUT2D eigenvalue weighted by Crippen LogP contribution is 2.15. The molecule has 16 heavy (non-hydrogen) atoms. The number of hydrogen-bond acceptors (Lipinski definition) is 3. The fourth-order valence-corrected chi connectivity index (χ4v) is 0.991. The lowest BCUT2D eigenvalue weighted by atomic mass is 9.96. The first-order valence-corrected chi connectivity index (χ1v) is 5.14. The summed E-state index contributed by atoms with van der Waals surface area (Å²) in [5.41, 5.74) is 5.91. The summed E-state index contributed by atoms with van der Waals surface area (Å²) >= 11 is 0. The Kier molecular flexibility index (Phi) is 3.77. The van der Waals surface area contributed by atoms with E-state index in [9.17, 15) is 4.79 Å². The monoisotopic (exact) mass is 222 g/mol. The lowest BCUT2D eigenvalue weighted by Gasteiger charge is -2.18. The van der Waals surface area contributed by atoms with Gasteiger partial charge in [0.1, 0.15) is 5.75 Å². The molecular formula is C12H18N2O2. The smallest absolute Gasteiger partial charge is 0.243 e. The van der Waals surface area contributed by atoms with Crippen molar-refractivity contribution in [3.63, 3.8) is 0 Å². The van der Waals surface area contributed by atoms with Gasteiger partial charge in [-0.1, -0.05) is 20.8 Å². The van der Waals surface area contributed by atoms with Crippen molar-refractivity contribution in [3.05, 3.63) is 24.3 Å². The van der Waals surface area contributed by atoms with Crippen molar-refractivity contribution in [1.82, 2.24) is 5.43 Å². The van der Waals surface area contributed by atoms with Gasteiger partial charge in [-0.3, -0.25) is 15.6 Å². The van der Waals surface area contributed by atoms with Crippen LogP contribution >= 0.6 is 0 Å². The Labute approximate surface area is 96.0 Å². The summed E-state index contributed by atoms with van der Waals surface area (Å²) in [6.07, 6.45) is 0. The topological polar surface area (TPSA) is 50.4 Å². The Bertz CT molecular complexity index is 352. The molecule has 0 heterocycles. The van der Waals surface area contributed by atoms with Crippen LogP contribution in [0.2, 0.25) is 0 Å². The molecule has 0 fully saturated rings. The van der Waals surface area contributed by atoms with Gasteiger partial charge in [-0.2, -0.15) is 0 Å². The molecule has 0 aliphatic rings. The summed E-state index contributed by atoms with van der Waals surface area (Å²) in [5.74, 6) is 0.732. The molecule has 2 N–H and O–H groups in total. The zero-order valence-corrected chi connectivity index (χ0v) is 10.1. The van der Waals surface area contributed by atoms with E-state index in [1.807, 2.05) is 45.0 Å². The molecular weight excluding hydrogens is 204 g/mol. The summed E-state index contributed by atoms with van der Waals surface area (Å²) in [7, 11) is 1.61. The maximum absolute atomic E-state index is 11.6. The zero-order valence-electron chi connectivity index (χ0n) is 10.1. The maximum Gasteiger partial charge on any atom is 0.243 e. The highest BCUT2D eigenvalue weighted by Gasteiger charge is 2.20. The van der Waals surface area contributed by atoms with E-state index in [4.69, 9.17) is 4.74 Å². The minimum Gasteiger partial charge on any atom is -0.497 e. The lowest BCUT2D eigenvalue weighted by molar-refractivity contribution is -0.127. The SMILES string of the molecule is COc1ccc(NNC(=O)C(C)(C)C)cc1. The van der Waals surface area contributed by atoms with Gasteiger partial charge in [-0.05, 0) is 24.3 Å². The maximum atomic E-state index is 11.6. The standard InChI is InChI=1S/C12H18N2O2/c1-12(2,3)11(15)14-13-9-5-7-10(16-4)8-6-9/h5-8,13H,1-4H3,(H,14,15). The summed E-state index contributed by atoms with van der Waals surface area (Å²) in [4.78, 5) is 11.6. The van der Waals surface area contributed by atoms with Gasteiger partial charge in [-0.15, -0.1) is 0 Å². The van der Waals surface area contributed by atoms with Gasteiger partial charge in [0.2, 0.25) is 5.91 Å². The summed E-state index contributed by atoms with van der Waals surface area (Å²) in [6, 6.07) is 7.32. The fraction of sp³-hybridized carbons (Fsp3) is 0.417. The third kappa shape index (κ3) is 3.46. The molecule has 4 nitrogen and oxygen atoms in total. The average molecular weight is 222 g/mol. The number of carbonyl (C=O) groups excluding carboxylic acids is 1. The zero-order chi connectivity index (χ0) is 12.2. The number of hydrazine groups is 1. The molecule has 1 aromatic carbocycles. The second-order valence-corrected chi connectivity index (χ2v) is 4.56. The normalized spacial score (nSPS) is 10.8. The summed E-state index contributed by atoms with van der Waals surface area (Å²) in [6.45, 7) is 5.58. The van der Waals surface area contributed by atoms with Crippen LogP contribution in [0, 0.1) is 5.41 Å². The highest BCUT2D eigenvalue weighted by atomic mass is 16.5. The quantitative estimate of drug-likeness (QED) is 0.771. The van der Waals surface area contributed by atoms with Gasteiger partial charge >= 0.3 is 0 Å². The molecule has 0 saturated heterocycles. The van der Waals surface area contributed by atoms with Gasteiger partial charge in [0.05, 0.1) is 12.8 Å². The van der Waals surface area contributed by atoms with E-state index >= 15 is 0 Å². The number of carbonyl (C=O) groups is 1. The third-order valence-corrected chi connectivity index (χ3v) is 2.09. The number of methoxy groups -OCH3 is 1. The van der Waals surface area contributed by atoms with E-state index in [0.29, 0.717) is 0 Å². The van der Waals surface area contributed by atoms with Crippen molar-refractivity contribution < 1.29 is 9.53 Å². The van der Waals surface area contributed by atoms with E-state index in [1.165, 1.54) is 0 Å². The summed E-state index contributed by atoms with van der Waals surface area (Å²) in [5, 5.41) is 0. The number of amides is 1. The fourth-order valence-electron chi connectivity index (χ4n) is 0.991. The minimum absolute atomic E-state index is 0.0525. The van der Waals surface area contributed by atoms with Crippen LogP contribution in [0.25, 0.3) is 0 Å². The molecule has 1 rings (SSSR count). The summed E-state index contributed by atoms with van der Waals surface area (Å²) < 4.78 is 5.03. The Morgan fingerprint density at radius 3 is 2.19 bits per heavy atom. The Balaban J connectivity index is 2.52. The molecule has 0 aromatic heterocycles. The molecule has 0 aliphatic heterocycles. The van der Waals surface area contributed by atoms with E-state index in [-0.39, 0.29) is 5.91 Å². The van der Waals surface area contributed by atoms with Crippen molar-refractivity contribution in [2.75, 3.05) is 12.5 Å². The van der Waals surface area contributed by atoms with Gasteiger partial charge in [-0.25, -0.2) is 0 Å². The van der Waals surface area contributed by atoms with Crippen LogP contribution in [0.5, 0.6) is 5.75 Å². The van der Waals surface area contributed by atoms with Crippen LogP contribution in [0.3, 0.4) is 0 Å². The Hall–Kier alpha value is -1.71. The first-order chi connectivity index (χ1) is 7.43. The largest absolute Gasteiger partial charge is 0.497 e. The number of ether oxygens (including phenoxy) is 1. The Morgan fingerprint density at radius 1 is 1.19 bits per heavy atom. The third-order valence-electron chi connectivity index (χ3n) is 2.09. The predicted molar refractivity (Wildman–Crippen MR) is 64.2 cm³/mol. The average Bonchev–Trinajstić information content (AvgIpc) is 2.25. The van der Waals surface area contributed by atoms with Crippen molar-refractivity contribution in [1.29, 1.82) is 0 Å². The molecule has 0 unspecified atom stereocenters.